The zero-order valence-corrected chi connectivity index (χ0v) is 23.2. The molecule has 0 spiro atoms. The quantitative estimate of drug-likeness (QED) is 0.324. The minimum atomic E-state index is -0.433. The van der Waals surface area contributed by atoms with Crippen LogP contribution in [0, 0.1) is 23.2 Å². The minimum Gasteiger partial charge on any atom is -0.450 e. The first-order chi connectivity index (χ1) is 18.4. The van der Waals surface area contributed by atoms with Gasteiger partial charge in [0.05, 0.1) is 16.5 Å². The lowest BCUT2D eigenvalue weighted by Crippen LogP contribution is -2.60. The van der Waals surface area contributed by atoms with Gasteiger partial charge in [0.2, 0.25) is 11.9 Å². The SMILES string of the molecule is CCOC(=O)NCc1cccc(Nc2ncc(Br)c(N[C@H]3C4CC5CC3C[C@@](C(=O)NC3CC3)(C5)C4)n2)c1. The van der Waals surface area contributed by atoms with Crippen molar-refractivity contribution in [1.82, 2.24) is 20.6 Å². The van der Waals surface area contributed by atoms with Gasteiger partial charge in [-0.05, 0) is 103 Å². The number of ether oxygens (including phenoxy) is 1. The van der Waals surface area contributed by atoms with Gasteiger partial charge in [0.25, 0.3) is 0 Å². The van der Waals surface area contributed by atoms with E-state index in [1.165, 1.54) is 12.8 Å². The summed E-state index contributed by atoms with van der Waals surface area (Å²) in [6, 6.07) is 8.49. The van der Waals surface area contributed by atoms with E-state index in [1.807, 2.05) is 24.3 Å². The lowest BCUT2D eigenvalue weighted by molar-refractivity contribution is -0.147. The molecule has 4 bridgehead atoms. The fourth-order valence-electron chi connectivity index (χ4n) is 7.04. The average Bonchev–Trinajstić information content (AvgIpc) is 3.71. The van der Waals surface area contributed by atoms with E-state index in [0.29, 0.717) is 54.8 Å². The number of carbonyl (C=O) groups is 2. The van der Waals surface area contributed by atoms with Crippen LogP contribution in [0.4, 0.5) is 22.2 Å². The van der Waals surface area contributed by atoms with Gasteiger partial charge in [-0.3, -0.25) is 4.79 Å². The number of alkyl carbamates (subject to hydrolysis) is 1. The Bertz CT molecular complexity index is 1200. The summed E-state index contributed by atoms with van der Waals surface area (Å²) in [6.45, 7) is 2.48. The Labute approximate surface area is 231 Å². The maximum absolute atomic E-state index is 13.2. The second-order valence-corrected chi connectivity index (χ2v) is 12.3. The van der Waals surface area contributed by atoms with Gasteiger partial charge < -0.3 is 26.0 Å². The maximum Gasteiger partial charge on any atom is 0.407 e. The number of nitrogens with zero attached hydrogens (tertiary/aromatic N) is 2. The molecule has 0 aliphatic heterocycles. The van der Waals surface area contributed by atoms with Crippen LogP contribution in [-0.2, 0) is 16.1 Å². The third-order valence-corrected chi connectivity index (χ3v) is 9.19. The van der Waals surface area contributed by atoms with Gasteiger partial charge in [0, 0.05) is 30.5 Å². The van der Waals surface area contributed by atoms with Crippen LogP contribution >= 0.6 is 15.9 Å². The van der Waals surface area contributed by atoms with E-state index < -0.39 is 6.09 Å². The maximum atomic E-state index is 13.2. The Hall–Kier alpha value is -2.88. The van der Waals surface area contributed by atoms with E-state index in [0.717, 1.165) is 53.6 Å². The summed E-state index contributed by atoms with van der Waals surface area (Å²) in [5, 5.41) is 13.1. The van der Waals surface area contributed by atoms with Crippen molar-refractivity contribution in [3.8, 4) is 0 Å². The third-order valence-electron chi connectivity index (χ3n) is 8.61. The molecule has 2 amide bonds. The number of hydrogen-bond donors (Lipinski definition) is 4. The number of anilines is 3. The second kappa shape index (κ2) is 10.4. The van der Waals surface area contributed by atoms with Gasteiger partial charge in [0.15, 0.2) is 0 Å². The molecule has 5 aliphatic carbocycles. The van der Waals surface area contributed by atoms with Crippen molar-refractivity contribution < 1.29 is 14.3 Å². The number of nitrogens with one attached hydrogen (secondary N) is 4. The van der Waals surface area contributed by atoms with Gasteiger partial charge in [-0.25, -0.2) is 9.78 Å². The van der Waals surface area contributed by atoms with Crippen molar-refractivity contribution in [2.45, 2.75) is 70.5 Å². The summed E-state index contributed by atoms with van der Waals surface area (Å²) in [7, 11) is 0. The zero-order chi connectivity index (χ0) is 26.3. The monoisotopic (exact) mass is 582 g/mol. The predicted octanol–water partition coefficient (Wildman–Crippen LogP) is 5.11. The van der Waals surface area contributed by atoms with Crippen molar-refractivity contribution >= 4 is 45.4 Å². The molecule has 9 nitrogen and oxygen atoms in total. The molecule has 7 rings (SSSR count). The van der Waals surface area contributed by atoms with Crippen LogP contribution in [-0.4, -0.2) is 40.7 Å². The lowest BCUT2D eigenvalue weighted by atomic mass is 9.47. The fourth-order valence-corrected chi connectivity index (χ4v) is 7.34. The highest BCUT2D eigenvalue weighted by Crippen LogP contribution is 2.60. The molecule has 2 unspecified atom stereocenters. The molecule has 4 N–H and O–H groups in total. The number of hydrogen-bond acceptors (Lipinski definition) is 7. The van der Waals surface area contributed by atoms with Crippen LogP contribution in [0.3, 0.4) is 0 Å². The molecule has 1 aromatic heterocycles. The molecule has 5 fully saturated rings. The van der Waals surface area contributed by atoms with E-state index in [-0.39, 0.29) is 5.41 Å². The van der Waals surface area contributed by atoms with Crippen molar-refractivity contribution in [1.29, 1.82) is 0 Å². The smallest absolute Gasteiger partial charge is 0.407 e. The summed E-state index contributed by atoms with van der Waals surface area (Å²) in [5.41, 5.74) is 1.60. The Morgan fingerprint density at radius 3 is 2.68 bits per heavy atom. The fraction of sp³-hybridized carbons (Fsp3) is 0.571. The van der Waals surface area contributed by atoms with Gasteiger partial charge >= 0.3 is 6.09 Å². The van der Waals surface area contributed by atoms with Crippen molar-refractivity contribution in [3.63, 3.8) is 0 Å². The standard InChI is InChI=1S/C28H35BrN6O3/c1-2-38-27(37)31-14-16-4-3-5-21(10-16)33-26-30-15-22(29)24(35-26)34-23-18-8-17-9-19(23)13-28(11-17,12-18)25(36)32-20-6-7-20/h3-5,10,15,17-20,23H,2,6-9,11-14H2,1H3,(H,31,37)(H,32,36)(H2,30,33,34,35)/t17?,18?,19?,23-,28+. The first-order valence-electron chi connectivity index (χ1n) is 13.8. The first-order valence-corrected chi connectivity index (χ1v) is 14.6. The highest BCUT2D eigenvalue weighted by Gasteiger charge is 2.58. The van der Waals surface area contributed by atoms with Gasteiger partial charge in [0.1, 0.15) is 5.82 Å². The molecule has 5 saturated carbocycles. The summed E-state index contributed by atoms with van der Waals surface area (Å²) in [4.78, 5) is 34.1. The molecule has 0 radical (unpaired) electrons. The average molecular weight is 584 g/mol. The molecular formula is C28H35BrN6O3. The Morgan fingerprint density at radius 2 is 1.95 bits per heavy atom. The normalized spacial score (nSPS) is 29.0. The third kappa shape index (κ3) is 5.32. The molecule has 2 atom stereocenters. The number of rotatable bonds is 9. The van der Waals surface area contributed by atoms with Crippen molar-refractivity contribution in [2.24, 2.45) is 23.2 Å². The Morgan fingerprint density at radius 1 is 1.16 bits per heavy atom. The molecule has 10 heteroatoms. The van der Waals surface area contributed by atoms with E-state index in [1.54, 1.807) is 13.1 Å². The summed E-state index contributed by atoms with van der Waals surface area (Å²) in [5.74, 6) is 3.20. The van der Waals surface area contributed by atoms with Gasteiger partial charge in [-0.15, -0.1) is 0 Å². The highest BCUT2D eigenvalue weighted by atomic mass is 79.9. The molecule has 38 heavy (non-hydrogen) atoms. The Kier molecular flexibility index (Phi) is 6.92. The van der Waals surface area contributed by atoms with E-state index >= 15 is 0 Å². The van der Waals surface area contributed by atoms with Crippen LogP contribution in [0.15, 0.2) is 34.9 Å². The first kappa shape index (κ1) is 25.4. The molecule has 1 aromatic carbocycles. The molecule has 0 saturated heterocycles. The molecule has 202 valence electrons. The molecule has 1 heterocycles. The number of carbonyl (C=O) groups excluding carboxylic acids is 2. The van der Waals surface area contributed by atoms with Crippen molar-refractivity contribution in [3.05, 3.63) is 40.5 Å². The molecule has 2 aromatic rings. The molecular weight excluding hydrogens is 548 g/mol. The van der Waals surface area contributed by atoms with E-state index in [9.17, 15) is 9.59 Å². The number of benzene rings is 1. The minimum absolute atomic E-state index is 0.167. The van der Waals surface area contributed by atoms with E-state index in [4.69, 9.17) is 9.72 Å². The molecule has 5 aliphatic rings. The van der Waals surface area contributed by atoms with Crippen LogP contribution in [0.1, 0.15) is 57.4 Å². The van der Waals surface area contributed by atoms with Crippen LogP contribution in [0.2, 0.25) is 0 Å². The van der Waals surface area contributed by atoms with Crippen LogP contribution in [0.5, 0.6) is 0 Å². The lowest BCUT2D eigenvalue weighted by Gasteiger charge is -2.59. The summed E-state index contributed by atoms with van der Waals surface area (Å²) < 4.78 is 5.75. The Balaban J connectivity index is 1.12. The predicted molar refractivity (Wildman–Crippen MR) is 148 cm³/mol. The highest BCUT2D eigenvalue weighted by molar-refractivity contribution is 9.10. The largest absolute Gasteiger partial charge is 0.450 e. The number of amides is 2. The second-order valence-electron chi connectivity index (χ2n) is 11.5. The van der Waals surface area contributed by atoms with Crippen molar-refractivity contribution in [2.75, 3.05) is 17.2 Å². The van der Waals surface area contributed by atoms with E-state index in [2.05, 4.69) is 42.2 Å². The van der Waals surface area contributed by atoms with Crippen LogP contribution < -0.4 is 21.3 Å². The number of halogens is 1. The number of aromatic nitrogens is 2. The van der Waals surface area contributed by atoms with Gasteiger partial charge in [-0.1, -0.05) is 12.1 Å². The van der Waals surface area contributed by atoms with Crippen LogP contribution in [0.25, 0.3) is 0 Å². The van der Waals surface area contributed by atoms with Gasteiger partial charge in [-0.2, -0.15) is 4.98 Å². The summed E-state index contributed by atoms with van der Waals surface area (Å²) in [6.07, 6.45) is 8.98. The zero-order valence-electron chi connectivity index (χ0n) is 21.6. The topological polar surface area (TPSA) is 117 Å². The summed E-state index contributed by atoms with van der Waals surface area (Å²) >= 11 is 3.64.